The van der Waals surface area contributed by atoms with E-state index in [2.05, 4.69) is 39.8 Å². The summed E-state index contributed by atoms with van der Waals surface area (Å²) in [5.41, 5.74) is 1.42. The molecule has 2 rings (SSSR count). The molecule has 0 radical (unpaired) electrons. The Morgan fingerprint density at radius 1 is 0.600 bits per heavy atom. The molecule has 2 aliphatic rings. The van der Waals surface area contributed by atoms with Crippen LogP contribution in [0.3, 0.4) is 0 Å². The molecule has 0 aliphatic heterocycles. The number of rotatable bonds is 0. The van der Waals surface area contributed by atoms with E-state index in [1.807, 2.05) is 13.8 Å². The fourth-order valence-corrected chi connectivity index (χ4v) is 3.83. The molecule has 1 saturated carbocycles. The van der Waals surface area contributed by atoms with Crippen LogP contribution in [0.4, 0.5) is 0 Å². The van der Waals surface area contributed by atoms with Crippen LogP contribution >= 0.6 is 0 Å². The Bertz CT molecular complexity index is 217. The normalized spacial score (nSPS) is 21.7. The Hall–Kier alpha value is -0.260. The van der Waals surface area contributed by atoms with Crippen molar-refractivity contribution in [2.75, 3.05) is 0 Å². The maximum atomic E-state index is 2.46. The zero-order valence-corrected chi connectivity index (χ0v) is 11.5. The molecular weight excluding hydrogens is 240 g/mol. The smallest absolute Gasteiger partial charge is 0.0110 e. The zero-order chi connectivity index (χ0) is 11.7. The van der Waals surface area contributed by atoms with Gasteiger partial charge in [0.05, 0.1) is 0 Å². The maximum absolute atomic E-state index is 2.46. The molecule has 1 fully saturated rings. The SMILES string of the molecule is C.C.C.C.C.CC.CC1(C)C=CC(C)(C)C12CCCC2. The number of hydrogen-bond acceptors (Lipinski definition) is 0. The third-order valence-electron chi connectivity index (χ3n) is 4.84. The van der Waals surface area contributed by atoms with E-state index in [9.17, 15) is 0 Å². The number of hydrogen-bond donors (Lipinski definition) is 0. The van der Waals surface area contributed by atoms with Gasteiger partial charge in [-0.05, 0) is 29.1 Å². The molecule has 0 amide bonds. The van der Waals surface area contributed by atoms with Crippen molar-refractivity contribution in [3.05, 3.63) is 12.2 Å². The molecule has 0 bridgehead atoms. The van der Waals surface area contributed by atoms with Gasteiger partial charge in [-0.1, -0.05) is 104 Å². The van der Waals surface area contributed by atoms with Gasteiger partial charge in [-0.25, -0.2) is 0 Å². The average Bonchev–Trinajstić information content (AvgIpc) is 2.74. The first kappa shape index (κ1) is 31.9. The van der Waals surface area contributed by atoms with E-state index in [4.69, 9.17) is 0 Å². The first-order valence-electron chi connectivity index (χ1n) is 6.62. The maximum Gasteiger partial charge on any atom is -0.0110 e. The highest BCUT2D eigenvalue weighted by Crippen LogP contribution is 2.65. The molecule has 128 valence electrons. The van der Waals surface area contributed by atoms with E-state index < -0.39 is 0 Å². The van der Waals surface area contributed by atoms with Gasteiger partial charge in [0.2, 0.25) is 0 Å². The minimum Gasteiger partial charge on any atom is -0.0817 e. The summed E-state index contributed by atoms with van der Waals surface area (Å²) in [6.07, 6.45) is 10.7. The predicted octanol–water partition coefficient (Wildman–Crippen LogP) is 8.38. The van der Waals surface area contributed by atoms with Crippen LogP contribution in [0.25, 0.3) is 0 Å². The monoisotopic (exact) mass is 288 g/mol. The van der Waals surface area contributed by atoms with Crippen LogP contribution < -0.4 is 0 Å². The minimum absolute atomic E-state index is 0. The first-order valence-corrected chi connectivity index (χ1v) is 6.62. The van der Waals surface area contributed by atoms with Crippen molar-refractivity contribution in [1.29, 1.82) is 0 Å². The van der Waals surface area contributed by atoms with Gasteiger partial charge >= 0.3 is 0 Å². The molecule has 0 N–H and O–H groups in total. The minimum atomic E-state index is 0. The summed E-state index contributed by atoms with van der Waals surface area (Å²) in [5, 5.41) is 0. The van der Waals surface area contributed by atoms with E-state index in [0.29, 0.717) is 16.2 Å². The lowest BCUT2D eigenvalue weighted by atomic mass is 9.56. The quantitative estimate of drug-likeness (QED) is 0.393. The summed E-state index contributed by atoms with van der Waals surface area (Å²) >= 11 is 0. The molecule has 20 heavy (non-hydrogen) atoms. The Kier molecular flexibility index (Phi) is 16.7. The molecule has 0 heteroatoms. The van der Waals surface area contributed by atoms with Crippen LogP contribution in [0.1, 0.15) is 104 Å². The second kappa shape index (κ2) is 10.5. The summed E-state index contributed by atoms with van der Waals surface area (Å²) < 4.78 is 0. The van der Waals surface area contributed by atoms with Crippen LogP contribution in [-0.2, 0) is 0 Å². The highest BCUT2D eigenvalue weighted by molar-refractivity contribution is 5.24. The molecule has 0 aromatic rings. The Balaban J connectivity index is -0.000000103. The molecular formula is C20H48. The average molecular weight is 289 g/mol. The predicted molar refractivity (Wildman–Crippen MR) is 103 cm³/mol. The van der Waals surface area contributed by atoms with Crippen LogP contribution in [0.15, 0.2) is 12.2 Å². The molecule has 0 atom stereocenters. The van der Waals surface area contributed by atoms with Crippen molar-refractivity contribution in [2.24, 2.45) is 16.2 Å². The lowest BCUT2D eigenvalue weighted by Crippen LogP contribution is -2.40. The van der Waals surface area contributed by atoms with Gasteiger partial charge in [0, 0.05) is 0 Å². The van der Waals surface area contributed by atoms with Crippen LogP contribution in [-0.4, -0.2) is 0 Å². The standard InChI is InChI=1S/C13H22.C2H6.5CH4/c1-11(2)9-10-12(3,4)13(11)7-5-6-8-13;1-2;;;;;/h9-10H,5-8H2,1-4H3;1-2H3;5*1H4. The third kappa shape index (κ3) is 4.37. The Morgan fingerprint density at radius 2 is 0.850 bits per heavy atom. The van der Waals surface area contributed by atoms with Gasteiger partial charge in [0.25, 0.3) is 0 Å². The van der Waals surface area contributed by atoms with Gasteiger partial charge in [-0.15, -0.1) is 0 Å². The van der Waals surface area contributed by atoms with Crippen LogP contribution in [0.5, 0.6) is 0 Å². The highest BCUT2D eigenvalue weighted by atomic mass is 14.6. The van der Waals surface area contributed by atoms with Gasteiger partial charge < -0.3 is 0 Å². The lowest BCUT2D eigenvalue weighted by Gasteiger charge is -2.47. The summed E-state index contributed by atoms with van der Waals surface area (Å²) in [7, 11) is 0. The van der Waals surface area contributed by atoms with Gasteiger partial charge in [-0.3, -0.25) is 0 Å². The van der Waals surface area contributed by atoms with Gasteiger partial charge in [0.1, 0.15) is 0 Å². The Morgan fingerprint density at radius 3 is 1.10 bits per heavy atom. The second-order valence-corrected chi connectivity index (χ2v) is 6.07. The molecule has 0 aromatic heterocycles. The topological polar surface area (TPSA) is 0 Å². The molecule has 0 saturated heterocycles. The zero-order valence-electron chi connectivity index (χ0n) is 11.5. The summed E-state index contributed by atoms with van der Waals surface area (Å²) in [4.78, 5) is 0. The largest absolute Gasteiger partial charge is 0.0817 e. The summed E-state index contributed by atoms with van der Waals surface area (Å²) in [5.74, 6) is 0. The van der Waals surface area contributed by atoms with E-state index >= 15 is 0 Å². The van der Waals surface area contributed by atoms with Crippen molar-refractivity contribution in [3.63, 3.8) is 0 Å². The van der Waals surface area contributed by atoms with Crippen LogP contribution in [0.2, 0.25) is 0 Å². The van der Waals surface area contributed by atoms with Crippen molar-refractivity contribution < 1.29 is 0 Å². The van der Waals surface area contributed by atoms with E-state index in [1.54, 1.807) is 0 Å². The Labute approximate surface area is 133 Å². The lowest BCUT2D eigenvalue weighted by molar-refractivity contribution is 0.0357. The molecule has 0 aromatic carbocycles. The second-order valence-electron chi connectivity index (χ2n) is 6.07. The highest BCUT2D eigenvalue weighted by Gasteiger charge is 2.56. The van der Waals surface area contributed by atoms with Crippen molar-refractivity contribution >= 4 is 0 Å². The molecule has 2 aliphatic carbocycles. The van der Waals surface area contributed by atoms with Crippen molar-refractivity contribution in [3.8, 4) is 0 Å². The molecule has 0 heterocycles. The van der Waals surface area contributed by atoms with Crippen molar-refractivity contribution in [1.82, 2.24) is 0 Å². The third-order valence-corrected chi connectivity index (χ3v) is 4.84. The summed E-state index contributed by atoms with van der Waals surface area (Å²) in [6, 6.07) is 0. The van der Waals surface area contributed by atoms with E-state index in [0.717, 1.165) is 0 Å². The van der Waals surface area contributed by atoms with E-state index in [1.165, 1.54) is 25.7 Å². The van der Waals surface area contributed by atoms with Gasteiger partial charge in [-0.2, -0.15) is 0 Å². The number of allylic oxidation sites excluding steroid dienone is 2. The fourth-order valence-electron chi connectivity index (χ4n) is 3.83. The fraction of sp³-hybridized carbons (Fsp3) is 0.900. The molecule has 1 spiro atoms. The van der Waals surface area contributed by atoms with Crippen LogP contribution in [0, 0.1) is 16.2 Å². The van der Waals surface area contributed by atoms with Gasteiger partial charge in [0.15, 0.2) is 0 Å². The van der Waals surface area contributed by atoms with Crippen molar-refractivity contribution in [2.45, 2.75) is 104 Å². The van der Waals surface area contributed by atoms with E-state index in [-0.39, 0.29) is 37.1 Å². The molecule has 0 unspecified atom stereocenters. The first-order chi connectivity index (χ1) is 6.91. The summed E-state index contributed by atoms with van der Waals surface area (Å²) in [6.45, 7) is 13.7. The molecule has 0 nitrogen and oxygen atoms in total.